The second-order valence-corrected chi connectivity index (χ2v) is 6.95. The number of aromatic nitrogens is 2. The van der Waals surface area contributed by atoms with Crippen molar-refractivity contribution in [2.75, 3.05) is 37.7 Å². The number of nitrogens with one attached hydrogen (secondary N) is 2. The molecule has 5 heteroatoms. The first kappa shape index (κ1) is 17.6. The summed E-state index contributed by atoms with van der Waals surface area (Å²) in [6.45, 7) is 8.04. The van der Waals surface area contributed by atoms with Crippen LogP contribution in [0.4, 0.5) is 5.69 Å². The van der Waals surface area contributed by atoms with Gasteiger partial charge in [-0.1, -0.05) is 42.5 Å². The number of H-pyrrole nitrogens is 1. The number of para-hydroxylation sites is 2. The average Bonchev–Trinajstić information content (AvgIpc) is 3.18. The largest absolute Gasteiger partial charge is 0.492 e. The fourth-order valence-electron chi connectivity index (χ4n) is 3.81. The quantitative estimate of drug-likeness (QED) is 0.707. The molecule has 27 heavy (non-hydrogen) atoms. The molecule has 1 aliphatic rings. The molecule has 0 bridgehead atoms. The molecule has 2 aromatic carbocycles. The first-order valence-corrected chi connectivity index (χ1v) is 9.73. The van der Waals surface area contributed by atoms with Crippen LogP contribution in [0.1, 0.15) is 12.5 Å². The van der Waals surface area contributed by atoms with Gasteiger partial charge in [0, 0.05) is 5.56 Å². The second kappa shape index (κ2) is 8.27. The number of ether oxygens (including phenoxy) is 1. The SMILES string of the molecule is CCOc1ccccc1N1CC[NH+](Cc2cn[nH]c2-c2ccccc2)CC1. The molecule has 1 aromatic heterocycles. The van der Waals surface area contributed by atoms with E-state index in [2.05, 4.69) is 57.6 Å². The van der Waals surface area contributed by atoms with Crippen molar-refractivity contribution in [2.45, 2.75) is 13.5 Å². The Morgan fingerprint density at radius 2 is 1.78 bits per heavy atom. The van der Waals surface area contributed by atoms with E-state index in [-0.39, 0.29) is 0 Å². The molecule has 0 atom stereocenters. The third-order valence-corrected chi connectivity index (χ3v) is 5.20. The van der Waals surface area contributed by atoms with Gasteiger partial charge in [0.2, 0.25) is 0 Å². The minimum absolute atomic E-state index is 0.699. The Morgan fingerprint density at radius 1 is 1.04 bits per heavy atom. The van der Waals surface area contributed by atoms with E-state index in [0.29, 0.717) is 6.61 Å². The lowest BCUT2D eigenvalue weighted by Gasteiger charge is -2.34. The van der Waals surface area contributed by atoms with Crippen molar-refractivity contribution < 1.29 is 9.64 Å². The highest BCUT2D eigenvalue weighted by Crippen LogP contribution is 2.28. The predicted octanol–water partition coefficient (Wildman–Crippen LogP) is 2.38. The molecule has 3 aromatic rings. The number of hydrogen-bond acceptors (Lipinski definition) is 3. The number of nitrogens with zero attached hydrogens (tertiary/aromatic N) is 2. The molecule has 2 heterocycles. The van der Waals surface area contributed by atoms with Crippen LogP contribution in [0.3, 0.4) is 0 Å². The summed E-state index contributed by atoms with van der Waals surface area (Å²) >= 11 is 0. The lowest BCUT2D eigenvalue weighted by Crippen LogP contribution is -3.13. The first-order valence-electron chi connectivity index (χ1n) is 9.73. The average molecular weight is 363 g/mol. The molecule has 0 amide bonds. The van der Waals surface area contributed by atoms with E-state index in [9.17, 15) is 0 Å². The van der Waals surface area contributed by atoms with Gasteiger partial charge in [-0.3, -0.25) is 5.10 Å². The smallest absolute Gasteiger partial charge is 0.142 e. The van der Waals surface area contributed by atoms with E-state index in [0.717, 1.165) is 44.2 Å². The van der Waals surface area contributed by atoms with Crippen molar-refractivity contribution in [1.29, 1.82) is 0 Å². The van der Waals surface area contributed by atoms with E-state index < -0.39 is 0 Å². The Hall–Kier alpha value is -2.79. The number of quaternary nitrogens is 1. The van der Waals surface area contributed by atoms with Crippen LogP contribution in [0.5, 0.6) is 5.75 Å². The molecule has 0 aliphatic carbocycles. The number of piperazine rings is 1. The summed E-state index contributed by atoms with van der Waals surface area (Å²) in [5.74, 6) is 0.990. The van der Waals surface area contributed by atoms with Crippen LogP contribution in [0, 0.1) is 0 Å². The molecule has 1 saturated heterocycles. The molecule has 1 fully saturated rings. The molecule has 1 aliphatic heterocycles. The van der Waals surface area contributed by atoms with Crippen LogP contribution in [-0.4, -0.2) is 43.0 Å². The number of rotatable bonds is 6. The second-order valence-electron chi connectivity index (χ2n) is 6.95. The fourth-order valence-corrected chi connectivity index (χ4v) is 3.81. The normalized spacial score (nSPS) is 15.1. The molecule has 0 unspecified atom stereocenters. The molecular formula is C22H27N4O+. The molecule has 0 saturated carbocycles. The number of anilines is 1. The lowest BCUT2D eigenvalue weighted by molar-refractivity contribution is -0.914. The molecule has 0 radical (unpaired) electrons. The van der Waals surface area contributed by atoms with Gasteiger partial charge in [-0.25, -0.2) is 0 Å². The number of aromatic amines is 1. The van der Waals surface area contributed by atoms with Gasteiger partial charge in [0.1, 0.15) is 12.3 Å². The monoisotopic (exact) mass is 363 g/mol. The maximum absolute atomic E-state index is 5.81. The van der Waals surface area contributed by atoms with Crippen LogP contribution in [0.25, 0.3) is 11.3 Å². The number of benzene rings is 2. The predicted molar refractivity (Wildman–Crippen MR) is 108 cm³/mol. The maximum Gasteiger partial charge on any atom is 0.142 e. The fraction of sp³-hybridized carbons (Fsp3) is 0.318. The standard InChI is InChI=1S/C22H26N4O/c1-2-27-21-11-7-6-10-20(21)26-14-12-25(13-15-26)17-19-16-23-24-22(19)18-8-4-3-5-9-18/h3-11,16H,2,12-15,17H2,1H3,(H,23,24)/p+1. The third kappa shape index (κ3) is 3.98. The molecule has 0 spiro atoms. The Labute approximate surface area is 160 Å². The van der Waals surface area contributed by atoms with Gasteiger partial charge >= 0.3 is 0 Å². The van der Waals surface area contributed by atoms with Crippen molar-refractivity contribution in [2.24, 2.45) is 0 Å². The van der Waals surface area contributed by atoms with Crippen LogP contribution in [0.15, 0.2) is 60.8 Å². The summed E-state index contributed by atoms with van der Waals surface area (Å²) in [6, 6.07) is 18.8. The van der Waals surface area contributed by atoms with E-state index in [1.165, 1.54) is 16.8 Å². The topological polar surface area (TPSA) is 45.6 Å². The highest BCUT2D eigenvalue weighted by molar-refractivity contribution is 5.62. The van der Waals surface area contributed by atoms with E-state index in [4.69, 9.17) is 4.74 Å². The van der Waals surface area contributed by atoms with Crippen molar-refractivity contribution in [3.05, 3.63) is 66.4 Å². The Kier molecular flexibility index (Phi) is 5.39. The van der Waals surface area contributed by atoms with Crippen molar-refractivity contribution in [3.63, 3.8) is 0 Å². The Balaban J connectivity index is 1.41. The van der Waals surface area contributed by atoms with Gasteiger partial charge in [-0.2, -0.15) is 5.10 Å². The first-order chi connectivity index (χ1) is 13.3. The Morgan fingerprint density at radius 3 is 2.56 bits per heavy atom. The minimum atomic E-state index is 0.699. The zero-order valence-electron chi connectivity index (χ0n) is 15.8. The zero-order chi connectivity index (χ0) is 18.5. The lowest BCUT2D eigenvalue weighted by atomic mass is 10.1. The zero-order valence-corrected chi connectivity index (χ0v) is 15.8. The molecule has 2 N–H and O–H groups in total. The van der Waals surface area contributed by atoms with Crippen LogP contribution in [0.2, 0.25) is 0 Å². The van der Waals surface area contributed by atoms with Gasteiger partial charge in [0.25, 0.3) is 0 Å². The van der Waals surface area contributed by atoms with E-state index in [1.807, 2.05) is 25.3 Å². The van der Waals surface area contributed by atoms with Crippen molar-refractivity contribution >= 4 is 5.69 Å². The van der Waals surface area contributed by atoms with Gasteiger partial charge in [0.15, 0.2) is 0 Å². The van der Waals surface area contributed by atoms with Crippen molar-refractivity contribution in [1.82, 2.24) is 10.2 Å². The Bertz CT molecular complexity index is 854. The third-order valence-electron chi connectivity index (χ3n) is 5.20. The molecule has 140 valence electrons. The maximum atomic E-state index is 5.81. The summed E-state index contributed by atoms with van der Waals surface area (Å²) in [6.07, 6.45) is 1.98. The summed E-state index contributed by atoms with van der Waals surface area (Å²) < 4.78 is 5.81. The highest BCUT2D eigenvalue weighted by Gasteiger charge is 2.23. The van der Waals surface area contributed by atoms with E-state index >= 15 is 0 Å². The molecule has 5 nitrogen and oxygen atoms in total. The van der Waals surface area contributed by atoms with Crippen LogP contribution in [-0.2, 0) is 6.54 Å². The van der Waals surface area contributed by atoms with Gasteiger partial charge in [-0.05, 0) is 19.1 Å². The van der Waals surface area contributed by atoms with Crippen molar-refractivity contribution in [3.8, 4) is 17.0 Å². The van der Waals surface area contributed by atoms with Gasteiger partial charge in [0.05, 0.1) is 55.9 Å². The minimum Gasteiger partial charge on any atom is -0.492 e. The molecule has 4 rings (SSSR count). The van der Waals surface area contributed by atoms with E-state index in [1.54, 1.807) is 4.90 Å². The number of hydrogen-bond donors (Lipinski definition) is 2. The summed E-state index contributed by atoms with van der Waals surface area (Å²) in [5.41, 5.74) is 4.85. The highest BCUT2D eigenvalue weighted by atomic mass is 16.5. The van der Waals surface area contributed by atoms with Gasteiger partial charge in [-0.15, -0.1) is 0 Å². The summed E-state index contributed by atoms with van der Waals surface area (Å²) in [5, 5.41) is 7.47. The van der Waals surface area contributed by atoms with Crippen LogP contribution >= 0.6 is 0 Å². The van der Waals surface area contributed by atoms with Gasteiger partial charge < -0.3 is 14.5 Å². The summed E-state index contributed by atoms with van der Waals surface area (Å²) in [4.78, 5) is 4.04. The summed E-state index contributed by atoms with van der Waals surface area (Å²) in [7, 11) is 0. The molecular weight excluding hydrogens is 336 g/mol. The van der Waals surface area contributed by atoms with Crippen LogP contribution < -0.4 is 14.5 Å².